The third-order valence-corrected chi connectivity index (χ3v) is 22.0. The number of unbranched alkanes of at least 4 members (excludes halogenated alkanes) is 52. The Morgan fingerprint density at radius 2 is 0.495 bits per heavy atom. The molecular weight excluding hydrogens is 1340 g/mol. The number of rotatable bonds is 83. The lowest BCUT2D eigenvalue weighted by atomic mass is 9.99. The number of hydrogen-bond acceptors (Lipinski definition) is 15. The van der Waals surface area contributed by atoms with Crippen LogP contribution in [0, 0.1) is 11.8 Å². The van der Waals surface area contributed by atoms with Crippen molar-refractivity contribution in [2.45, 2.75) is 464 Å². The second-order valence-corrected chi connectivity index (χ2v) is 33.8. The molecule has 0 rings (SSSR count). The topological polar surface area (TPSA) is 237 Å². The molecule has 0 fully saturated rings. The van der Waals surface area contributed by atoms with Crippen LogP contribution in [0.4, 0.5) is 0 Å². The van der Waals surface area contributed by atoms with Gasteiger partial charge in [-0.3, -0.25) is 37.3 Å². The zero-order valence-corrected chi connectivity index (χ0v) is 69.4. The average Bonchev–Trinajstić information content (AvgIpc) is 0.914. The van der Waals surface area contributed by atoms with Crippen molar-refractivity contribution in [1.29, 1.82) is 0 Å². The summed E-state index contributed by atoms with van der Waals surface area (Å²) in [7, 11) is -9.92. The minimum absolute atomic E-state index is 0.106. The van der Waals surface area contributed by atoms with Gasteiger partial charge in [0.15, 0.2) is 12.2 Å². The Hall–Kier alpha value is -1.94. The normalized spacial score (nSPS) is 14.1. The van der Waals surface area contributed by atoms with Crippen LogP contribution in [-0.2, 0) is 65.4 Å². The van der Waals surface area contributed by atoms with Crippen LogP contribution in [0.2, 0.25) is 0 Å². The summed E-state index contributed by atoms with van der Waals surface area (Å²) < 4.78 is 68.7. The summed E-state index contributed by atoms with van der Waals surface area (Å²) in [6, 6.07) is 0. The molecule has 0 aliphatic heterocycles. The Morgan fingerprint density at radius 3 is 0.738 bits per heavy atom. The fraction of sp³-hybridized carbons (Fsp3) is 0.952. The van der Waals surface area contributed by atoms with Crippen molar-refractivity contribution in [3.63, 3.8) is 0 Å². The van der Waals surface area contributed by atoms with E-state index in [4.69, 9.17) is 37.0 Å². The maximum Gasteiger partial charge on any atom is 0.472 e. The monoisotopic (exact) mass is 1510 g/mol. The smallest absolute Gasteiger partial charge is 0.462 e. The van der Waals surface area contributed by atoms with Crippen molar-refractivity contribution in [2.24, 2.45) is 11.8 Å². The quantitative estimate of drug-likeness (QED) is 0.0222. The molecule has 0 saturated carbocycles. The van der Waals surface area contributed by atoms with E-state index in [1.54, 1.807) is 0 Å². The molecule has 0 aromatic carbocycles. The molecule has 19 heteroatoms. The van der Waals surface area contributed by atoms with E-state index >= 15 is 0 Å². The van der Waals surface area contributed by atoms with Gasteiger partial charge in [0.1, 0.15) is 19.3 Å². The molecule has 0 bridgehead atoms. The maximum absolute atomic E-state index is 13.1. The summed E-state index contributed by atoms with van der Waals surface area (Å²) in [5, 5.41) is 10.6. The van der Waals surface area contributed by atoms with Crippen LogP contribution >= 0.6 is 15.6 Å². The minimum atomic E-state index is -4.96. The van der Waals surface area contributed by atoms with Crippen LogP contribution in [0.25, 0.3) is 0 Å². The van der Waals surface area contributed by atoms with Crippen LogP contribution in [0.1, 0.15) is 446 Å². The maximum atomic E-state index is 13.1. The lowest BCUT2D eigenvalue weighted by Gasteiger charge is -2.21. The third-order valence-electron chi connectivity index (χ3n) is 20.1. The molecule has 3 N–H and O–H groups in total. The predicted octanol–water partition coefficient (Wildman–Crippen LogP) is 25.5. The zero-order valence-electron chi connectivity index (χ0n) is 67.6. The molecule has 6 atom stereocenters. The van der Waals surface area contributed by atoms with Crippen LogP contribution in [0.3, 0.4) is 0 Å². The molecule has 0 aliphatic rings. The molecule has 0 saturated heterocycles. The van der Waals surface area contributed by atoms with Gasteiger partial charge in [-0.1, -0.05) is 395 Å². The molecular formula is C84H164O17P2. The third kappa shape index (κ3) is 76.6. The Labute approximate surface area is 632 Å². The van der Waals surface area contributed by atoms with E-state index in [-0.39, 0.29) is 25.7 Å². The van der Waals surface area contributed by atoms with E-state index in [2.05, 4.69) is 41.5 Å². The van der Waals surface area contributed by atoms with E-state index < -0.39 is 97.5 Å². The van der Waals surface area contributed by atoms with E-state index in [0.29, 0.717) is 31.6 Å². The fourth-order valence-electron chi connectivity index (χ4n) is 13.0. The predicted molar refractivity (Wildman–Crippen MR) is 423 cm³/mol. The number of hydrogen-bond donors (Lipinski definition) is 3. The summed E-state index contributed by atoms with van der Waals surface area (Å²) in [5.41, 5.74) is 0. The van der Waals surface area contributed by atoms with E-state index in [0.717, 1.165) is 102 Å². The molecule has 0 aromatic rings. The molecule has 17 nitrogen and oxygen atoms in total. The lowest BCUT2D eigenvalue weighted by molar-refractivity contribution is -0.161. The molecule has 0 spiro atoms. The number of esters is 4. The molecule has 103 heavy (non-hydrogen) atoms. The van der Waals surface area contributed by atoms with E-state index in [1.807, 2.05) is 0 Å². The molecule has 612 valence electrons. The van der Waals surface area contributed by atoms with Crippen molar-refractivity contribution in [3.05, 3.63) is 0 Å². The largest absolute Gasteiger partial charge is 0.472 e. The SMILES string of the molecule is CCCCCCCCCCCCCCCCCCCCCCC(=O)OC[C@H](COP(=O)(O)OC[C@@H](O)COP(=O)(O)OC[C@@H](COC(=O)CCCCCCCCCC(C)C)OC(=O)CCCCCCCCCCCCC)OC(=O)CCCCCCCCCCCCCCCCCCCCC(C)CC. The molecule has 0 amide bonds. The second kappa shape index (κ2) is 75.5. The van der Waals surface area contributed by atoms with Gasteiger partial charge in [0, 0.05) is 25.7 Å². The molecule has 0 heterocycles. The highest BCUT2D eigenvalue weighted by Crippen LogP contribution is 2.45. The Balaban J connectivity index is 5.19. The summed E-state index contributed by atoms with van der Waals surface area (Å²) >= 11 is 0. The lowest BCUT2D eigenvalue weighted by Crippen LogP contribution is -2.30. The van der Waals surface area contributed by atoms with Crippen molar-refractivity contribution in [3.8, 4) is 0 Å². The number of phosphoric acid groups is 2. The van der Waals surface area contributed by atoms with Gasteiger partial charge in [-0.2, -0.15) is 0 Å². The van der Waals surface area contributed by atoms with Gasteiger partial charge in [-0.25, -0.2) is 9.13 Å². The number of aliphatic hydroxyl groups excluding tert-OH is 1. The van der Waals surface area contributed by atoms with Gasteiger partial charge in [0.2, 0.25) is 0 Å². The summed E-state index contributed by atoms with van der Waals surface area (Å²) in [6.45, 7) is 9.65. The Bertz CT molecular complexity index is 1980. The summed E-state index contributed by atoms with van der Waals surface area (Å²) in [6.07, 6.45) is 66.8. The average molecular weight is 1510 g/mol. The standard InChI is InChI=1S/C84H164O17P2/c1-7-10-12-14-16-18-20-21-22-23-24-25-29-32-35-39-42-48-54-60-66-81(86)94-72-79(100-84(89)69-63-57-50-44-40-36-33-30-27-26-28-31-34-38-41-47-53-59-65-77(6)9-3)74-98-102(90,91)96-70-78(85)71-97-103(92,93)99-75-80(73-95-82(87)67-61-55-51-45-46-52-58-64-76(4)5)101-83(88)68-62-56-49-43-37-19-17-15-13-11-8-2/h76-80,85H,7-75H2,1-6H3,(H,90,91)(H,92,93)/t77?,78-,79-,80-/m1/s1. The first-order valence-electron chi connectivity index (χ1n) is 43.5. The molecule has 0 radical (unpaired) electrons. The number of aliphatic hydroxyl groups is 1. The van der Waals surface area contributed by atoms with Gasteiger partial charge in [-0.05, 0) is 37.5 Å². The number of carbonyl (C=O) groups excluding carboxylic acids is 4. The highest BCUT2D eigenvalue weighted by molar-refractivity contribution is 7.47. The Morgan fingerprint density at radius 1 is 0.282 bits per heavy atom. The number of carbonyl (C=O) groups is 4. The van der Waals surface area contributed by atoms with Gasteiger partial charge in [-0.15, -0.1) is 0 Å². The first-order valence-corrected chi connectivity index (χ1v) is 46.5. The highest BCUT2D eigenvalue weighted by atomic mass is 31.2. The first kappa shape index (κ1) is 101. The van der Waals surface area contributed by atoms with Gasteiger partial charge >= 0.3 is 39.5 Å². The van der Waals surface area contributed by atoms with Crippen molar-refractivity contribution >= 4 is 39.5 Å². The van der Waals surface area contributed by atoms with Crippen molar-refractivity contribution < 1.29 is 80.2 Å². The van der Waals surface area contributed by atoms with Crippen molar-refractivity contribution in [2.75, 3.05) is 39.6 Å². The van der Waals surface area contributed by atoms with Crippen LogP contribution in [0.15, 0.2) is 0 Å². The van der Waals surface area contributed by atoms with E-state index in [1.165, 1.54) is 257 Å². The first-order chi connectivity index (χ1) is 49.9. The zero-order chi connectivity index (χ0) is 75.6. The fourth-order valence-corrected chi connectivity index (χ4v) is 14.6. The molecule has 0 aromatic heterocycles. The van der Waals surface area contributed by atoms with Gasteiger partial charge in [0.05, 0.1) is 26.4 Å². The van der Waals surface area contributed by atoms with Gasteiger partial charge < -0.3 is 33.8 Å². The number of ether oxygens (including phenoxy) is 4. The van der Waals surface area contributed by atoms with Crippen molar-refractivity contribution in [1.82, 2.24) is 0 Å². The van der Waals surface area contributed by atoms with Crippen LogP contribution in [-0.4, -0.2) is 96.7 Å². The second-order valence-electron chi connectivity index (χ2n) is 30.9. The summed E-state index contributed by atoms with van der Waals surface area (Å²) in [4.78, 5) is 73.0. The minimum Gasteiger partial charge on any atom is -0.462 e. The highest BCUT2D eigenvalue weighted by Gasteiger charge is 2.30. The van der Waals surface area contributed by atoms with Crippen LogP contribution < -0.4 is 0 Å². The number of phosphoric ester groups is 2. The molecule has 3 unspecified atom stereocenters. The summed E-state index contributed by atoms with van der Waals surface area (Å²) in [5.74, 6) is -0.531. The Kier molecular flexibility index (Phi) is 74.1. The molecule has 0 aliphatic carbocycles. The van der Waals surface area contributed by atoms with E-state index in [9.17, 15) is 43.2 Å². The van der Waals surface area contributed by atoms with Gasteiger partial charge in [0.25, 0.3) is 0 Å². The van der Waals surface area contributed by atoms with Crippen LogP contribution in [0.5, 0.6) is 0 Å².